The summed E-state index contributed by atoms with van der Waals surface area (Å²) >= 11 is 0. The van der Waals surface area contributed by atoms with E-state index in [0.29, 0.717) is 11.5 Å². The molecule has 6 heteroatoms. The van der Waals surface area contributed by atoms with Crippen molar-refractivity contribution in [2.75, 3.05) is 25.7 Å². The number of aryl methyl sites for hydroxylation is 2. The highest BCUT2D eigenvalue weighted by atomic mass is 16.7. The third-order valence-corrected chi connectivity index (χ3v) is 6.51. The van der Waals surface area contributed by atoms with E-state index in [1.54, 1.807) is 11.9 Å². The lowest BCUT2D eigenvalue weighted by Gasteiger charge is -2.39. The third kappa shape index (κ3) is 4.11. The van der Waals surface area contributed by atoms with E-state index in [4.69, 9.17) is 9.47 Å². The Bertz CT molecular complexity index is 975. The number of benzene rings is 2. The van der Waals surface area contributed by atoms with Gasteiger partial charge in [-0.05, 0) is 55.5 Å². The van der Waals surface area contributed by atoms with Gasteiger partial charge in [-0.3, -0.25) is 9.59 Å². The van der Waals surface area contributed by atoms with E-state index >= 15 is 0 Å². The fourth-order valence-corrected chi connectivity index (χ4v) is 4.82. The molecule has 31 heavy (non-hydrogen) atoms. The first-order valence-electron chi connectivity index (χ1n) is 10.9. The van der Waals surface area contributed by atoms with E-state index in [-0.39, 0.29) is 25.2 Å². The van der Waals surface area contributed by atoms with Crippen LogP contribution < -0.4 is 14.8 Å². The molecule has 2 amide bonds. The van der Waals surface area contributed by atoms with Gasteiger partial charge >= 0.3 is 0 Å². The SMILES string of the molecule is Cc1cccc(C)c1NC(=O)CN(C)C(=O)C1(c2ccc3c(c2)OCO3)CCCCC1. The zero-order valence-corrected chi connectivity index (χ0v) is 18.5. The van der Waals surface area contributed by atoms with Gasteiger partial charge in [0.25, 0.3) is 0 Å². The van der Waals surface area contributed by atoms with Crippen LogP contribution in [0.1, 0.15) is 48.8 Å². The zero-order valence-electron chi connectivity index (χ0n) is 18.5. The molecule has 0 atom stereocenters. The number of fused-ring (bicyclic) bond motifs is 1. The highest BCUT2D eigenvalue weighted by Gasteiger charge is 2.43. The van der Waals surface area contributed by atoms with Crippen LogP contribution >= 0.6 is 0 Å². The van der Waals surface area contributed by atoms with Crippen LogP contribution in [0, 0.1) is 13.8 Å². The van der Waals surface area contributed by atoms with Gasteiger partial charge < -0.3 is 19.7 Å². The Labute approximate surface area is 183 Å². The molecule has 4 rings (SSSR count). The molecule has 0 radical (unpaired) electrons. The maximum absolute atomic E-state index is 13.7. The number of likely N-dealkylation sites (N-methyl/N-ethyl adjacent to an activating group) is 1. The number of amides is 2. The van der Waals surface area contributed by atoms with Crippen molar-refractivity contribution in [3.63, 3.8) is 0 Å². The molecule has 1 heterocycles. The summed E-state index contributed by atoms with van der Waals surface area (Å²) in [5, 5.41) is 2.98. The Balaban J connectivity index is 1.54. The molecule has 0 saturated heterocycles. The van der Waals surface area contributed by atoms with Crippen molar-refractivity contribution in [3.05, 3.63) is 53.1 Å². The first-order valence-corrected chi connectivity index (χ1v) is 10.9. The largest absolute Gasteiger partial charge is 0.454 e. The van der Waals surface area contributed by atoms with Gasteiger partial charge in [0, 0.05) is 12.7 Å². The summed E-state index contributed by atoms with van der Waals surface area (Å²) in [6, 6.07) is 11.7. The third-order valence-electron chi connectivity index (χ3n) is 6.51. The van der Waals surface area contributed by atoms with Crippen molar-refractivity contribution < 1.29 is 19.1 Å². The lowest BCUT2D eigenvalue weighted by Crippen LogP contribution is -2.48. The van der Waals surface area contributed by atoms with Gasteiger partial charge in [-0.2, -0.15) is 0 Å². The summed E-state index contributed by atoms with van der Waals surface area (Å²) in [6.45, 7) is 4.15. The first kappa shape index (κ1) is 21.2. The van der Waals surface area contributed by atoms with E-state index in [1.807, 2.05) is 50.2 Å². The standard InChI is InChI=1S/C25H30N2O4/c1-17-8-7-9-18(2)23(17)26-22(28)15-27(3)24(29)25(12-5-4-6-13-25)19-10-11-20-21(14-19)31-16-30-20/h7-11,14H,4-6,12-13,15-16H2,1-3H3,(H,26,28). The summed E-state index contributed by atoms with van der Waals surface area (Å²) in [5.74, 6) is 1.20. The highest BCUT2D eigenvalue weighted by Crippen LogP contribution is 2.44. The second-order valence-corrected chi connectivity index (χ2v) is 8.69. The minimum atomic E-state index is -0.632. The highest BCUT2D eigenvalue weighted by molar-refractivity contribution is 5.97. The Morgan fingerprint density at radius 1 is 1.00 bits per heavy atom. The normalized spacial score (nSPS) is 16.6. The van der Waals surface area contributed by atoms with Gasteiger partial charge in [0.15, 0.2) is 11.5 Å². The number of nitrogens with zero attached hydrogens (tertiary/aromatic N) is 1. The van der Waals surface area contributed by atoms with E-state index in [9.17, 15) is 9.59 Å². The molecule has 1 aliphatic carbocycles. The molecule has 1 aliphatic heterocycles. The summed E-state index contributed by atoms with van der Waals surface area (Å²) in [5.41, 5.74) is 3.14. The van der Waals surface area contributed by atoms with Crippen molar-refractivity contribution in [1.29, 1.82) is 0 Å². The van der Waals surface area contributed by atoms with E-state index in [2.05, 4.69) is 5.32 Å². The predicted octanol–water partition coefficient (Wildman–Crippen LogP) is 4.33. The molecule has 0 spiro atoms. The molecule has 1 N–H and O–H groups in total. The summed E-state index contributed by atoms with van der Waals surface area (Å²) in [6.07, 6.45) is 4.64. The molecule has 0 bridgehead atoms. The van der Waals surface area contributed by atoms with Crippen LogP contribution in [0.4, 0.5) is 5.69 Å². The zero-order chi connectivity index (χ0) is 22.0. The van der Waals surface area contributed by atoms with Crippen LogP contribution in [0.15, 0.2) is 36.4 Å². The Morgan fingerprint density at radius 2 is 1.68 bits per heavy atom. The topological polar surface area (TPSA) is 67.9 Å². The minimum Gasteiger partial charge on any atom is -0.454 e. The average molecular weight is 423 g/mol. The van der Waals surface area contributed by atoms with Crippen molar-refractivity contribution in [3.8, 4) is 11.5 Å². The maximum atomic E-state index is 13.7. The lowest BCUT2D eigenvalue weighted by molar-refractivity contribution is -0.139. The first-order chi connectivity index (χ1) is 14.9. The Hall–Kier alpha value is -3.02. The molecule has 2 aromatic rings. The monoisotopic (exact) mass is 422 g/mol. The molecule has 164 valence electrons. The van der Waals surface area contributed by atoms with Crippen molar-refractivity contribution in [2.45, 2.75) is 51.4 Å². The molecule has 2 aromatic carbocycles. The van der Waals surface area contributed by atoms with Crippen LogP contribution in [0.5, 0.6) is 11.5 Å². The maximum Gasteiger partial charge on any atom is 0.243 e. The lowest BCUT2D eigenvalue weighted by atomic mass is 9.68. The minimum absolute atomic E-state index is 0.0114. The number of hydrogen-bond donors (Lipinski definition) is 1. The molecular weight excluding hydrogens is 392 g/mol. The predicted molar refractivity (Wildman–Crippen MR) is 120 cm³/mol. The molecule has 0 aromatic heterocycles. The second kappa shape index (κ2) is 8.61. The van der Waals surface area contributed by atoms with Gasteiger partial charge in [0.2, 0.25) is 18.6 Å². The number of anilines is 1. The van der Waals surface area contributed by atoms with Gasteiger partial charge in [0.1, 0.15) is 0 Å². The van der Waals surface area contributed by atoms with Gasteiger partial charge in [-0.25, -0.2) is 0 Å². The smallest absolute Gasteiger partial charge is 0.243 e. The number of carbonyl (C=O) groups excluding carboxylic acids is 2. The van der Waals surface area contributed by atoms with Crippen molar-refractivity contribution in [1.82, 2.24) is 4.90 Å². The van der Waals surface area contributed by atoms with Crippen LogP contribution in [-0.4, -0.2) is 37.1 Å². The van der Waals surface area contributed by atoms with Crippen molar-refractivity contribution in [2.24, 2.45) is 0 Å². The number of rotatable bonds is 5. The van der Waals surface area contributed by atoms with Gasteiger partial charge in [0.05, 0.1) is 12.0 Å². The summed E-state index contributed by atoms with van der Waals surface area (Å²) in [7, 11) is 1.72. The van der Waals surface area contributed by atoms with E-state index < -0.39 is 5.41 Å². The number of carbonyl (C=O) groups is 2. The van der Waals surface area contributed by atoms with Crippen LogP contribution in [0.3, 0.4) is 0 Å². The molecule has 0 unspecified atom stereocenters. The quantitative estimate of drug-likeness (QED) is 0.779. The van der Waals surface area contributed by atoms with E-state index in [1.165, 1.54) is 0 Å². The fourth-order valence-electron chi connectivity index (χ4n) is 4.82. The fraction of sp³-hybridized carbons (Fsp3) is 0.440. The van der Waals surface area contributed by atoms with Crippen LogP contribution in [-0.2, 0) is 15.0 Å². The number of para-hydroxylation sites is 1. The molecule has 2 aliphatic rings. The number of ether oxygens (including phenoxy) is 2. The van der Waals surface area contributed by atoms with Crippen molar-refractivity contribution >= 4 is 17.5 Å². The summed E-state index contributed by atoms with van der Waals surface area (Å²) in [4.78, 5) is 28.1. The Morgan fingerprint density at radius 3 is 2.39 bits per heavy atom. The summed E-state index contributed by atoms with van der Waals surface area (Å²) < 4.78 is 11.0. The molecule has 1 saturated carbocycles. The van der Waals surface area contributed by atoms with Crippen LogP contribution in [0.25, 0.3) is 0 Å². The van der Waals surface area contributed by atoms with Gasteiger partial charge in [-0.1, -0.05) is 43.5 Å². The van der Waals surface area contributed by atoms with E-state index in [0.717, 1.165) is 54.5 Å². The Kier molecular flexibility index (Phi) is 5.90. The molecular formula is C25H30N2O4. The van der Waals surface area contributed by atoms with Gasteiger partial charge in [-0.15, -0.1) is 0 Å². The molecule has 6 nitrogen and oxygen atoms in total. The second-order valence-electron chi connectivity index (χ2n) is 8.69. The average Bonchev–Trinajstić information content (AvgIpc) is 3.24. The number of hydrogen-bond acceptors (Lipinski definition) is 4. The number of nitrogens with one attached hydrogen (secondary N) is 1. The molecule has 1 fully saturated rings. The van der Waals surface area contributed by atoms with Crippen LogP contribution in [0.2, 0.25) is 0 Å².